The summed E-state index contributed by atoms with van der Waals surface area (Å²) in [5.41, 5.74) is 0.257. The maximum Gasteiger partial charge on any atom is 0.136 e. The summed E-state index contributed by atoms with van der Waals surface area (Å²) in [6.45, 7) is 2.55. The van der Waals surface area contributed by atoms with E-state index in [4.69, 9.17) is 0 Å². The molecule has 3 saturated carbocycles. The van der Waals surface area contributed by atoms with Crippen molar-refractivity contribution in [2.75, 3.05) is 6.61 Å². The second-order valence-corrected chi connectivity index (χ2v) is 5.74. The first-order valence-electron chi connectivity index (χ1n) is 5.78. The number of carbonyl (C=O) groups is 1. The summed E-state index contributed by atoms with van der Waals surface area (Å²) in [7, 11) is 0. The summed E-state index contributed by atoms with van der Waals surface area (Å²) in [4.78, 5) is 11.8. The van der Waals surface area contributed by atoms with E-state index in [0.29, 0.717) is 11.7 Å². The minimum atomic E-state index is -0.0208. The Kier molecular flexibility index (Phi) is 1.53. The van der Waals surface area contributed by atoms with Crippen LogP contribution in [-0.2, 0) is 4.79 Å². The lowest BCUT2D eigenvalue weighted by Crippen LogP contribution is -2.46. The third kappa shape index (κ3) is 0.690. The van der Waals surface area contributed by atoms with Crippen molar-refractivity contribution in [1.29, 1.82) is 0 Å². The van der Waals surface area contributed by atoms with Crippen molar-refractivity contribution >= 4 is 5.78 Å². The van der Waals surface area contributed by atoms with Crippen molar-refractivity contribution < 1.29 is 9.90 Å². The Bertz CT molecular complexity index is 299. The highest BCUT2D eigenvalue weighted by atomic mass is 16.3. The summed E-state index contributed by atoms with van der Waals surface area (Å²) < 4.78 is 0. The SMILES string of the molecule is C[C@]12CCC[C@@]1(CO)[C@H]1C[C@@H]2CC1=O. The molecule has 0 radical (unpaired) electrons. The molecule has 0 aromatic heterocycles. The molecule has 0 spiro atoms. The molecule has 0 unspecified atom stereocenters. The zero-order valence-corrected chi connectivity index (χ0v) is 8.75. The van der Waals surface area contributed by atoms with Gasteiger partial charge in [-0.15, -0.1) is 0 Å². The van der Waals surface area contributed by atoms with Gasteiger partial charge in [0.2, 0.25) is 0 Å². The van der Waals surface area contributed by atoms with Gasteiger partial charge in [0.15, 0.2) is 0 Å². The molecule has 3 aliphatic rings. The fraction of sp³-hybridized carbons (Fsp3) is 0.917. The zero-order chi connectivity index (χ0) is 9.97. The van der Waals surface area contributed by atoms with Crippen molar-refractivity contribution in [3.05, 3.63) is 0 Å². The van der Waals surface area contributed by atoms with Gasteiger partial charge < -0.3 is 5.11 Å². The Balaban J connectivity index is 2.10. The highest BCUT2D eigenvalue weighted by Crippen LogP contribution is 2.71. The average molecular weight is 194 g/mol. The first-order chi connectivity index (χ1) is 6.64. The maximum absolute atomic E-state index is 11.8. The molecule has 4 atom stereocenters. The van der Waals surface area contributed by atoms with Gasteiger partial charge >= 0.3 is 0 Å². The van der Waals surface area contributed by atoms with Crippen LogP contribution in [0.1, 0.15) is 39.0 Å². The van der Waals surface area contributed by atoms with E-state index in [1.165, 1.54) is 12.8 Å². The third-order valence-electron chi connectivity index (χ3n) is 5.66. The Morgan fingerprint density at radius 2 is 2.29 bits per heavy atom. The second-order valence-electron chi connectivity index (χ2n) is 5.74. The van der Waals surface area contributed by atoms with Crippen LogP contribution in [0.4, 0.5) is 0 Å². The van der Waals surface area contributed by atoms with E-state index < -0.39 is 0 Å². The Hall–Kier alpha value is -0.370. The van der Waals surface area contributed by atoms with E-state index in [1.807, 2.05) is 0 Å². The lowest BCUT2D eigenvalue weighted by Gasteiger charge is -2.45. The predicted octanol–water partition coefficient (Wildman–Crippen LogP) is 1.76. The summed E-state index contributed by atoms with van der Waals surface area (Å²) in [6, 6.07) is 0. The molecule has 0 saturated heterocycles. The fourth-order valence-corrected chi connectivity index (χ4v) is 4.76. The van der Waals surface area contributed by atoms with Gasteiger partial charge in [0.05, 0.1) is 0 Å². The van der Waals surface area contributed by atoms with E-state index in [-0.39, 0.29) is 23.4 Å². The van der Waals surface area contributed by atoms with Crippen LogP contribution >= 0.6 is 0 Å². The number of ketones is 1. The summed E-state index contributed by atoms with van der Waals surface area (Å²) in [5.74, 6) is 1.21. The number of rotatable bonds is 1. The van der Waals surface area contributed by atoms with Gasteiger partial charge in [0.25, 0.3) is 0 Å². The molecule has 1 N–H and O–H groups in total. The first-order valence-corrected chi connectivity index (χ1v) is 5.78. The van der Waals surface area contributed by atoms with Gasteiger partial charge in [0.1, 0.15) is 5.78 Å². The largest absolute Gasteiger partial charge is 0.396 e. The molecule has 0 heterocycles. The molecule has 0 amide bonds. The predicted molar refractivity (Wildman–Crippen MR) is 52.7 cm³/mol. The summed E-state index contributed by atoms with van der Waals surface area (Å²) in [6.07, 6.45) is 5.37. The molecule has 3 fully saturated rings. The first kappa shape index (κ1) is 8.90. The molecule has 14 heavy (non-hydrogen) atoms. The Morgan fingerprint density at radius 3 is 3.00 bits per heavy atom. The lowest BCUT2D eigenvalue weighted by atomic mass is 9.59. The van der Waals surface area contributed by atoms with Crippen molar-refractivity contribution in [3.63, 3.8) is 0 Å². The van der Waals surface area contributed by atoms with Gasteiger partial charge in [-0.3, -0.25) is 4.79 Å². The van der Waals surface area contributed by atoms with E-state index >= 15 is 0 Å². The molecule has 3 rings (SSSR count). The monoisotopic (exact) mass is 194 g/mol. The van der Waals surface area contributed by atoms with Gasteiger partial charge in [0, 0.05) is 24.4 Å². The Labute approximate surface area is 84.7 Å². The van der Waals surface area contributed by atoms with Crippen LogP contribution in [0.15, 0.2) is 0 Å². The van der Waals surface area contributed by atoms with Gasteiger partial charge in [-0.25, -0.2) is 0 Å². The van der Waals surface area contributed by atoms with Gasteiger partial charge in [-0.1, -0.05) is 13.3 Å². The van der Waals surface area contributed by atoms with E-state index in [0.717, 1.165) is 19.3 Å². The molecular formula is C12H18O2. The molecule has 0 aliphatic heterocycles. The lowest BCUT2D eigenvalue weighted by molar-refractivity contribution is -0.134. The topological polar surface area (TPSA) is 37.3 Å². The van der Waals surface area contributed by atoms with Crippen LogP contribution in [0.5, 0.6) is 0 Å². The number of aliphatic hydroxyl groups excluding tert-OH is 1. The van der Waals surface area contributed by atoms with Crippen LogP contribution in [0.3, 0.4) is 0 Å². The number of hydrogen-bond acceptors (Lipinski definition) is 2. The average Bonchev–Trinajstić information content (AvgIpc) is 2.73. The number of aliphatic hydroxyl groups is 1. The zero-order valence-electron chi connectivity index (χ0n) is 8.75. The number of fused-ring (bicyclic) bond motifs is 5. The highest BCUT2D eigenvalue weighted by molar-refractivity contribution is 5.86. The maximum atomic E-state index is 11.8. The minimum absolute atomic E-state index is 0.0208. The third-order valence-corrected chi connectivity index (χ3v) is 5.66. The van der Waals surface area contributed by atoms with Crippen LogP contribution in [0.25, 0.3) is 0 Å². The minimum Gasteiger partial charge on any atom is -0.396 e. The van der Waals surface area contributed by atoms with Crippen molar-refractivity contribution in [2.24, 2.45) is 22.7 Å². The van der Waals surface area contributed by atoms with Crippen LogP contribution in [0, 0.1) is 22.7 Å². The smallest absolute Gasteiger partial charge is 0.136 e. The van der Waals surface area contributed by atoms with Crippen molar-refractivity contribution in [1.82, 2.24) is 0 Å². The molecule has 2 heteroatoms. The normalized spacial score (nSPS) is 55.4. The quantitative estimate of drug-likeness (QED) is 0.690. The molecule has 3 aliphatic carbocycles. The summed E-state index contributed by atoms with van der Waals surface area (Å²) >= 11 is 0. The number of carbonyl (C=O) groups excluding carboxylic acids is 1. The molecular weight excluding hydrogens is 176 g/mol. The Morgan fingerprint density at radius 1 is 1.50 bits per heavy atom. The van der Waals surface area contributed by atoms with E-state index in [9.17, 15) is 9.90 Å². The standard InChI is InChI=1S/C12H18O2/c1-11-3-2-4-12(11,7-13)9-5-8(11)6-10(9)14/h8-9,13H,2-7H2,1H3/t8-,9+,11-,12-/m1/s1. The van der Waals surface area contributed by atoms with Gasteiger partial charge in [-0.2, -0.15) is 0 Å². The van der Waals surface area contributed by atoms with Crippen molar-refractivity contribution in [3.8, 4) is 0 Å². The van der Waals surface area contributed by atoms with Crippen LogP contribution < -0.4 is 0 Å². The van der Waals surface area contributed by atoms with Crippen LogP contribution in [0.2, 0.25) is 0 Å². The number of hydrogen-bond donors (Lipinski definition) is 1. The molecule has 78 valence electrons. The van der Waals surface area contributed by atoms with Crippen molar-refractivity contribution in [2.45, 2.75) is 39.0 Å². The van der Waals surface area contributed by atoms with E-state index in [2.05, 4.69) is 6.92 Å². The summed E-state index contributed by atoms with van der Waals surface area (Å²) in [5, 5.41) is 9.68. The fourth-order valence-electron chi connectivity index (χ4n) is 4.76. The van der Waals surface area contributed by atoms with E-state index in [1.54, 1.807) is 0 Å². The highest BCUT2D eigenvalue weighted by Gasteiger charge is 2.69. The number of Topliss-reactive ketones (excluding diaryl/α,β-unsaturated/α-hetero) is 1. The second kappa shape index (κ2) is 2.41. The van der Waals surface area contributed by atoms with Crippen LogP contribution in [-0.4, -0.2) is 17.5 Å². The van der Waals surface area contributed by atoms with Gasteiger partial charge in [-0.05, 0) is 30.6 Å². The molecule has 2 nitrogen and oxygen atoms in total. The molecule has 0 aromatic rings. The molecule has 0 aromatic carbocycles. The molecule has 2 bridgehead atoms.